The maximum atomic E-state index is 12.7. The van der Waals surface area contributed by atoms with E-state index in [2.05, 4.69) is 87.6 Å². The highest BCUT2D eigenvalue weighted by atomic mass is 16.6. The Balaban J connectivity index is 4.52. The lowest BCUT2D eigenvalue weighted by molar-refractivity contribution is -0.166. The van der Waals surface area contributed by atoms with Gasteiger partial charge in [0.05, 0.1) is 0 Å². The zero-order chi connectivity index (χ0) is 42.3. The lowest BCUT2D eigenvalue weighted by Crippen LogP contribution is -2.30. The second-order valence-corrected chi connectivity index (χ2v) is 15.7. The molecule has 0 saturated heterocycles. The molecule has 0 aromatic heterocycles. The van der Waals surface area contributed by atoms with Crippen molar-refractivity contribution < 1.29 is 28.6 Å². The van der Waals surface area contributed by atoms with Crippen LogP contribution >= 0.6 is 0 Å². The number of rotatable bonds is 42. The monoisotopic (exact) mass is 809 g/mol. The molecule has 1 atom stereocenters. The Morgan fingerprint density at radius 1 is 0.345 bits per heavy atom. The largest absolute Gasteiger partial charge is 0.462 e. The van der Waals surface area contributed by atoms with Crippen LogP contribution in [-0.4, -0.2) is 37.2 Å². The van der Waals surface area contributed by atoms with E-state index >= 15 is 0 Å². The lowest BCUT2D eigenvalue weighted by Gasteiger charge is -2.18. The predicted octanol–water partition coefficient (Wildman–Crippen LogP) is 15.5. The summed E-state index contributed by atoms with van der Waals surface area (Å²) in [5.41, 5.74) is 0. The molecule has 0 fully saturated rings. The van der Waals surface area contributed by atoms with E-state index in [0.29, 0.717) is 19.3 Å². The molecule has 0 aromatic carbocycles. The van der Waals surface area contributed by atoms with Gasteiger partial charge in [-0.1, -0.05) is 184 Å². The molecule has 0 aliphatic heterocycles. The highest BCUT2D eigenvalue weighted by Gasteiger charge is 2.19. The van der Waals surface area contributed by atoms with E-state index in [1.165, 1.54) is 96.3 Å². The molecule has 1 unspecified atom stereocenters. The van der Waals surface area contributed by atoms with E-state index in [9.17, 15) is 14.4 Å². The number of ether oxygens (including phenoxy) is 3. The van der Waals surface area contributed by atoms with Crippen molar-refractivity contribution in [3.63, 3.8) is 0 Å². The first-order chi connectivity index (χ1) is 28.5. The molecule has 6 nitrogen and oxygen atoms in total. The van der Waals surface area contributed by atoms with Gasteiger partial charge in [-0.3, -0.25) is 14.4 Å². The summed E-state index contributed by atoms with van der Waals surface area (Å²) in [6.07, 6.45) is 57.6. The Morgan fingerprint density at radius 3 is 1.17 bits per heavy atom. The predicted molar refractivity (Wildman–Crippen MR) is 247 cm³/mol. The molecule has 0 spiro atoms. The van der Waals surface area contributed by atoms with Gasteiger partial charge in [0.25, 0.3) is 0 Å². The third kappa shape index (κ3) is 44.0. The Kier molecular flexibility index (Phi) is 44.0. The molecule has 0 rings (SSSR count). The van der Waals surface area contributed by atoms with Crippen LogP contribution in [0.5, 0.6) is 0 Å². The minimum atomic E-state index is -0.828. The summed E-state index contributed by atoms with van der Waals surface area (Å²) in [5, 5.41) is 0. The zero-order valence-electron chi connectivity index (χ0n) is 37.8. The average Bonchev–Trinajstić information content (AvgIpc) is 3.22. The smallest absolute Gasteiger partial charge is 0.306 e. The van der Waals surface area contributed by atoms with E-state index < -0.39 is 12.1 Å². The molecule has 0 aliphatic rings. The van der Waals surface area contributed by atoms with Gasteiger partial charge in [0.15, 0.2) is 6.10 Å². The Labute approximate surface area is 357 Å². The standard InChI is InChI=1S/C52H88O6/c1-4-7-10-13-16-19-22-24-25-26-27-29-30-33-36-39-42-45-51(54)57-48-49(47-56-50(53)44-41-38-35-32-21-18-15-12-9-6-3)58-52(55)46-43-40-37-34-31-28-23-20-17-14-11-8-5-2/h15,18,24-25,27-29,31,33,36-37,40,49H,4-14,16-17,19-23,26,30,32,34-35,38-39,41-48H2,1-3H3/b18-15-,25-24-,29-27-,31-28-,36-33-,40-37-. The van der Waals surface area contributed by atoms with Gasteiger partial charge in [-0.15, -0.1) is 0 Å². The molecule has 0 heterocycles. The quantitative estimate of drug-likeness (QED) is 0.0264. The number of unbranched alkanes of at least 4 members (excludes halogenated alkanes) is 19. The topological polar surface area (TPSA) is 78.9 Å². The Bertz CT molecular complexity index is 1110. The number of allylic oxidation sites excluding steroid dienone is 12. The average molecular weight is 809 g/mol. The Morgan fingerprint density at radius 2 is 0.690 bits per heavy atom. The summed E-state index contributed by atoms with van der Waals surface area (Å²) < 4.78 is 16.6. The van der Waals surface area contributed by atoms with Gasteiger partial charge in [0.1, 0.15) is 13.2 Å². The lowest BCUT2D eigenvalue weighted by atomic mass is 10.1. The van der Waals surface area contributed by atoms with Crippen LogP contribution in [0.15, 0.2) is 72.9 Å². The number of hydrogen-bond acceptors (Lipinski definition) is 6. The number of esters is 3. The van der Waals surface area contributed by atoms with Gasteiger partial charge in [-0.2, -0.15) is 0 Å². The van der Waals surface area contributed by atoms with Crippen LogP contribution < -0.4 is 0 Å². The first kappa shape index (κ1) is 54.9. The molecule has 0 saturated carbocycles. The van der Waals surface area contributed by atoms with Crippen molar-refractivity contribution >= 4 is 17.9 Å². The highest BCUT2D eigenvalue weighted by Crippen LogP contribution is 2.11. The van der Waals surface area contributed by atoms with Gasteiger partial charge in [0, 0.05) is 19.3 Å². The van der Waals surface area contributed by atoms with Crippen LogP contribution in [0, 0.1) is 0 Å². The van der Waals surface area contributed by atoms with Gasteiger partial charge < -0.3 is 14.2 Å². The minimum Gasteiger partial charge on any atom is -0.462 e. The zero-order valence-corrected chi connectivity index (χ0v) is 37.8. The molecule has 0 aliphatic carbocycles. The first-order valence-electron chi connectivity index (χ1n) is 23.9. The maximum absolute atomic E-state index is 12.7. The van der Waals surface area contributed by atoms with E-state index in [0.717, 1.165) is 70.6 Å². The van der Waals surface area contributed by atoms with Crippen molar-refractivity contribution in [3.05, 3.63) is 72.9 Å². The molecule has 332 valence electrons. The summed E-state index contributed by atoms with van der Waals surface area (Å²) in [6.45, 7) is 6.46. The summed E-state index contributed by atoms with van der Waals surface area (Å²) in [4.78, 5) is 37.7. The van der Waals surface area contributed by atoms with Crippen molar-refractivity contribution in [1.29, 1.82) is 0 Å². The third-order valence-electron chi connectivity index (χ3n) is 9.92. The third-order valence-corrected chi connectivity index (χ3v) is 9.92. The van der Waals surface area contributed by atoms with Crippen LogP contribution in [0.3, 0.4) is 0 Å². The molecule has 0 aromatic rings. The minimum absolute atomic E-state index is 0.120. The molecule has 0 radical (unpaired) electrons. The fraction of sp³-hybridized carbons (Fsp3) is 0.712. The molecule has 0 amide bonds. The van der Waals surface area contributed by atoms with Crippen LogP contribution in [0.25, 0.3) is 0 Å². The van der Waals surface area contributed by atoms with E-state index in [4.69, 9.17) is 14.2 Å². The summed E-state index contributed by atoms with van der Waals surface area (Å²) in [7, 11) is 0. The van der Waals surface area contributed by atoms with E-state index in [-0.39, 0.29) is 38.0 Å². The Hall–Kier alpha value is -3.15. The normalized spacial score (nSPS) is 12.7. The fourth-order valence-corrected chi connectivity index (χ4v) is 6.25. The van der Waals surface area contributed by atoms with Gasteiger partial charge >= 0.3 is 17.9 Å². The molecular weight excluding hydrogens is 721 g/mol. The van der Waals surface area contributed by atoms with Gasteiger partial charge in [0.2, 0.25) is 0 Å². The van der Waals surface area contributed by atoms with Gasteiger partial charge in [-0.05, 0) is 89.9 Å². The number of hydrogen-bond donors (Lipinski definition) is 0. The van der Waals surface area contributed by atoms with Crippen LogP contribution in [0.2, 0.25) is 0 Å². The summed E-state index contributed by atoms with van der Waals surface area (Å²) in [6, 6.07) is 0. The molecule has 0 bridgehead atoms. The molecule has 0 N–H and O–H groups in total. The van der Waals surface area contributed by atoms with Crippen molar-refractivity contribution in [1.82, 2.24) is 0 Å². The molecule has 6 heteroatoms. The SMILES string of the molecule is CCCC/C=C\CCCCCCC(=O)OCC(COC(=O)CCC/C=C\C/C=C\C/C=C\CCCCCCCC)OC(=O)CC/C=C\C/C=C\CCCCCCCC. The number of carbonyl (C=O) groups is 3. The molecular formula is C52H88O6. The number of carbonyl (C=O) groups excluding carboxylic acids is 3. The van der Waals surface area contributed by atoms with Crippen molar-refractivity contribution in [3.8, 4) is 0 Å². The fourth-order valence-electron chi connectivity index (χ4n) is 6.25. The van der Waals surface area contributed by atoms with Crippen molar-refractivity contribution in [2.75, 3.05) is 13.2 Å². The van der Waals surface area contributed by atoms with Crippen LogP contribution in [-0.2, 0) is 28.6 Å². The van der Waals surface area contributed by atoms with Crippen LogP contribution in [0.4, 0.5) is 0 Å². The van der Waals surface area contributed by atoms with E-state index in [1.807, 2.05) is 6.08 Å². The van der Waals surface area contributed by atoms with Crippen LogP contribution in [0.1, 0.15) is 220 Å². The summed E-state index contributed by atoms with van der Waals surface area (Å²) >= 11 is 0. The van der Waals surface area contributed by atoms with E-state index in [1.54, 1.807) is 0 Å². The highest BCUT2D eigenvalue weighted by molar-refractivity contribution is 5.71. The van der Waals surface area contributed by atoms with Gasteiger partial charge in [-0.25, -0.2) is 0 Å². The maximum Gasteiger partial charge on any atom is 0.306 e. The summed E-state index contributed by atoms with van der Waals surface area (Å²) in [5.74, 6) is -1.06. The first-order valence-corrected chi connectivity index (χ1v) is 23.9. The second kappa shape index (κ2) is 46.5. The second-order valence-electron chi connectivity index (χ2n) is 15.7. The van der Waals surface area contributed by atoms with Crippen molar-refractivity contribution in [2.45, 2.75) is 226 Å². The van der Waals surface area contributed by atoms with Crippen molar-refractivity contribution in [2.24, 2.45) is 0 Å². The molecule has 58 heavy (non-hydrogen) atoms.